The Morgan fingerprint density at radius 3 is 2.55 bits per heavy atom. The molecule has 1 saturated carbocycles. The van der Waals surface area contributed by atoms with Crippen LogP contribution in [0.4, 0.5) is 30.8 Å². The Morgan fingerprint density at radius 1 is 1.07 bits per heavy atom. The Bertz CT molecular complexity index is 1370. The van der Waals surface area contributed by atoms with E-state index in [1.54, 1.807) is 10.8 Å². The van der Waals surface area contributed by atoms with Gasteiger partial charge in [0.25, 0.3) is 0 Å². The van der Waals surface area contributed by atoms with E-state index in [-0.39, 0.29) is 42.5 Å². The lowest BCUT2D eigenvalue weighted by atomic mass is 9.85. The first-order valence-electron chi connectivity index (χ1n) is 13.8. The van der Waals surface area contributed by atoms with Gasteiger partial charge in [-0.1, -0.05) is 0 Å². The van der Waals surface area contributed by atoms with Crippen molar-refractivity contribution in [3.05, 3.63) is 35.8 Å². The van der Waals surface area contributed by atoms with Gasteiger partial charge in [0.2, 0.25) is 17.8 Å². The number of aromatic nitrogens is 4. The second-order valence-electron chi connectivity index (χ2n) is 10.8. The molecule has 4 heterocycles. The number of benzene rings is 1. The summed E-state index contributed by atoms with van der Waals surface area (Å²) in [6.45, 7) is 1.63. The molecule has 2 aliphatic heterocycles. The Hall–Kier alpha value is -3.45. The van der Waals surface area contributed by atoms with E-state index >= 15 is 0 Å². The van der Waals surface area contributed by atoms with E-state index in [9.17, 15) is 23.1 Å². The zero-order valence-corrected chi connectivity index (χ0v) is 22.0. The Kier molecular flexibility index (Phi) is 7.49. The van der Waals surface area contributed by atoms with Crippen molar-refractivity contribution in [2.75, 3.05) is 37.0 Å². The number of nitrogens with zero attached hydrogens (tertiary/aromatic N) is 5. The molecule has 0 bridgehead atoms. The van der Waals surface area contributed by atoms with E-state index in [2.05, 4.69) is 20.6 Å². The fourth-order valence-electron chi connectivity index (χ4n) is 6.11. The third kappa shape index (κ3) is 5.19. The number of likely N-dealkylation sites (tertiary alicyclic amines) is 1. The molecule has 2 aromatic heterocycles. The SMILES string of the molecule is O=C([C@H]1CC[C@H](Nc2ncc3nc(Nc4c(F)cc(F)cc4F)n([C@H]4CCOC4)c3n2)CC1)N1CCC[C@H]1CO. The van der Waals surface area contributed by atoms with Gasteiger partial charge in [-0.15, -0.1) is 0 Å². The van der Waals surface area contributed by atoms with Gasteiger partial charge < -0.3 is 25.4 Å². The highest BCUT2D eigenvalue weighted by Crippen LogP contribution is 2.33. The number of halogens is 3. The molecule has 1 aromatic carbocycles. The monoisotopic (exact) mass is 559 g/mol. The molecule has 13 heteroatoms. The molecule has 10 nitrogen and oxygen atoms in total. The van der Waals surface area contributed by atoms with Gasteiger partial charge in [0, 0.05) is 37.2 Å². The summed E-state index contributed by atoms with van der Waals surface area (Å²) in [5.74, 6) is -2.50. The number of anilines is 3. The molecule has 3 aromatic rings. The van der Waals surface area contributed by atoms with Crippen LogP contribution in [0.15, 0.2) is 18.3 Å². The highest BCUT2D eigenvalue weighted by molar-refractivity contribution is 5.80. The third-order valence-corrected chi connectivity index (χ3v) is 8.23. The van der Waals surface area contributed by atoms with Crippen LogP contribution in [0.2, 0.25) is 0 Å². The molecule has 1 aliphatic carbocycles. The van der Waals surface area contributed by atoms with E-state index in [1.807, 2.05) is 4.90 Å². The third-order valence-electron chi connectivity index (χ3n) is 8.23. The second kappa shape index (κ2) is 11.2. The molecule has 3 N–H and O–H groups in total. The van der Waals surface area contributed by atoms with Crippen molar-refractivity contribution in [1.29, 1.82) is 0 Å². The summed E-state index contributed by atoms with van der Waals surface area (Å²) in [6, 6.07) is 1.07. The smallest absolute Gasteiger partial charge is 0.226 e. The first-order valence-corrected chi connectivity index (χ1v) is 13.8. The first kappa shape index (κ1) is 26.8. The van der Waals surface area contributed by atoms with Gasteiger partial charge in [-0.3, -0.25) is 9.36 Å². The van der Waals surface area contributed by atoms with Crippen molar-refractivity contribution in [2.24, 2.45) is 5.92 Å². The molecule has 3 fully saturated rings. The van der Waals surface area contributed by atoms with Crippen LogP contribution in [-0.4, -0.2) is 73.9 Å². The first-order chi connectivity index (χ1) is 19.4. The van der Waals surface area contributed by atoms with Crippen LogP contribution in [-0.2, 0) is 9.53 Å². The number of amides is 1. The van der Waals surface area contributed by atoms with Crippen LogP contribution >= 0.6 is 0 Å². The van der Waals surface area contributed by atoms with Gasteiger partial charge in [0.15, 0.2) is 17.3 Å². The number of aliphatic hydroxyl groups is 1. The lowest BCUT2D eigenvalue weighted by Crippen LogP contribution is -2.43. The van der Waals surface area contributed by atoms with Gasteiger partial charge >= 0.3 is 0 Å². The minimum absolute atomic E-state index is 0.0109. The molecule has 40 heavy (non-hydrogen) atoms. The number of hydrogen-bond donors (Lipinski definition) is 3. The van der Waals surface area contributed by atoms with E-state index in [0.717, 1.165) is 38.5 Å². The zero-order valence-electron chi connectivity index (χ0n) is 22.0. The van der Waals surface area contributed by atoms with Crippen LogP contribution in [0, 0.1) is 23.4 Å². The fraction of sp³-hybridized carbons (Fsp3) is 0.556. The summed E-state index contributed by atoms with van der Waals surface area (Å²) >= 11 is 0. The molecule has 1 amide bonds. The maximum atomic E-state index is 14.4. The topological polar surface area (TPSA) is 117 Å². The lowest BCUT2D eigenvalue weighted by Gasteiger charge is -2.32. The molecule has 0 radical (unpaired) electrons. The lowest BCUT2D eigenvalue weighted by molar-refractivity contribution is -0.138. The quantitative estimate of drug-likeness (QED) is 0.399. The van der Waals surface area contributed by atoms with Crippen molar-refractivity contribution < 1.29 is 27.8 Å². The molecule has 6 rings (SSSR count). The molecule has 3 aliphatic rings. The molecule has 0 unspecified atom stereocenters. The van der Waals surface area contributed by atoms with E-state index in [1.165, 1.54) is 0 Å². The summed E-state index contributed by atoms with van der Waals surface area (Å²) in [7, 11) is 0. The molecular weight excluding hydrogens is 527 g/mol. The van der Waals surface area contributed by atoms with Gasteiger partial charge in [-0.2, -0.15) is 4.98 Å². The van der Waals surface area contributed by atoms with Crippen molar-refractivity contribution >= 4 is 34.7 Å². The predicted octanol–water partition coefficient (Wildman–Crippen LogP) is 3.90. The number of rotatable bonds is 7. The number of hydrogen-bond acceptors (Lipinski definition) is 8. The summed E-state index contributed by atoms with van der Waals surface area (Å²) in [5, 5.41) is 15.7. The van der Waals surface area contributed by atoms with Gasteiger partial charge in [-0.25, -0.2) is 23.1 Å². The fourth-order valence-corrected chi connectivity index (χ4v) is 6.11. The number of carbonyl (C=O) groups excluding carboxylic acids is 1. The molecule has 2 atom stereocenters. The number of nitrogens with one attached hydrogen (secondary N) is 2. The maximum Gasteiger partial charge on any atom is 0.226 e. The van der Waals surface area contributed by atoms with Crippen LogP contribution in [0.3, 0.4) is 0 Å². The van der Waals surface area contributed by atoms with Gasteiger partial charge in [0.1, 0.15) is 17.0 Å². The van der Waals surface area contributed by atoms with E-state index < -0.39 is 23.1 Å². The summed E-state index contributed by atoms with van der Waals surface area (Å²) in [5.41, 5.74) is 0.404. The van der Waals surface area contributed by atoms with E-state index in [0.29, 0.717) is 55.4 Å². The number of aliphatic hydroxyl groups excluding tert-OH is 1. The zero-order chi connectivity index (χ0) is 27.8. The van der Waals surface area contributed by atoms with Crippen molar-refractivity contribution in [2.45, 2.75) is 63.1 Å². The van der Waals surface area contributed by atoms with Crippen molar-refractivity contribution in [1.82, 2.24) is 24.4 Å². The highest BCUT2D eigenvalue weighted by atomic mass is 19.1. The van der Waals surface area contributed by atoms with Crippen molar-refractivity contribution in [3.63, 3.8) is 0 Å². The molecular formula is C27H32F3N7O3. The Labute approximate surface area is 228 Å². The molecule has 214 valence electrons. The number of fused-ring (bicyclic) bond motifs is 1. The average molecular weight is 560 g/mol. The van der Waals surface area contributed by atoms with Crippen molar-refractivity contribution in [3.8, 4) is 0 Å². The molecule has 0 spiro atoms. The van der Waals surface area contributed by atoms with Gasteiger partial charge in [-0.05, 0) is 44.9 Å². The van der Waals surface area contributed by atoms with Crippen LogP contribution in [0.25, 0.3) is 11.2 Å². The normalized spacial score (nSPS) is 25.1. The Balaban J connectivity index is 1.19. The summed E-state index contributed by atoms with van der Waals surface area (Å²) in [4.78, 5) is 28.5. The minimum atomic E-state index is -1.07. The minimum Gasteiger partial charge on any atom is -0.394 e. The average Bonchev–Trinajstić information content (AvgIpc) is 3.70. The standard InChI is InChI=1S/C27H32F3N7O3/c28-16-10-20(29)23(21(30)11-16)34-27-33-22-12-31-26(35-24(22)37(27)19-7-9-40-14-19)32-17-5-3-15(4-6-17)25(39)36-8-1-2-18(36)13-38/h10-12,15,17-19,38H,1-9,13-14H2,(H,33,34)(H,31,32,35)/t15-,17-,18-,19-/m0/s1. The van der Waals surface area contributed by atoms with Crippen LogP contribution in [0.1, 0.15) is 51.0 Å². The van der Waals surface area contributed by atoms with Crippen LogP contribution < -0.4 is 10.6 Å². The number of imidazole rings is 1. The predicted molar refractivity (Wildman–Crippen MR) is 141 cm³/mol. The summed E-state index contributed by atoms with van der Waals surface area (Å²) < 4.78 is 49.6. The molecule has 2 saturated heterocycles. The summed E-state index contributed by atoms with van der Waals surface area (Å²) in [6.07, 6.45) is 7.05. The maximum absolute atomic E-state index is 14.4. The number of carbonyl (C=O) groups is 1. The van der Waals surface area contributed by atoms with Gasteiger partial charge in [0.05, 0.1) is 31.5 Å². The van der Waals surface area contributed by atoms with Crippen LogP contribution in [0.5, 0.6) is 0 Å². The Morgan fingerprint density at radius 2 is 1.85 bits per heavy atom. The highest BCUT2D eigenvalue weighted by Gasteiger charge is 2.35. The largest absolute Gasteiger partial charge is 0.394 e. The van der Waals surface area contributed by atoms with E-state index in [4.69, 9.17) is 9.72 Å². The second-order valence-corrected chi connectivity index (χ2v) is 10.8. The number of ether oxygens (including phenoxy) is 1.